The van der Waals surface area contributed by atoms with Gasteiger partial charge in [-0.1, -0.05) is 11.6 Å². The average molecular weight is 288 g/mol. The monoisotopic (exact) mass is 287 g/mol. The van der Waals surface area contributed by atoms with Crippen molar-refractivity contribution in [1.82, 2.24) is 9.78 Å². The van der Waals surface area contributed by atoms with Crippen LogP contribution in [0, 0.1) is 0 Å². The maximum atomic E-state index is 11.7. The normalized spacial score (nSPS) is 10.3. The van der Waals surface area contributed by atoms with E-state index in [1.165, 1.54) is 10.9 Å². The summed E-state index contributed by atoms with van der Waals surface area (Å²) in [6, 6.07) is 0. The van der Waals surface area contributed by atoms with Crippen molar-refractivity contribution in [2.24, 2.45) is 0 Å². The van der Waals surface area contributed by atoms with Crippen molar-refractivity contribution in [1.29, 1.82) is 0 Å². The van der Waals surface area contributed by atoms with E-state index in [1.807, 2.05) is 6.92 Å². The Labute approximate surface area is 116 Å². The van der Waals surface area contributed by atoms with Crippen LogP contribution in [-0.4, -0.2) is 28.9 Å². The van der Waals surface area contributed by atoms with Crippen LogP contribution in [0.5, 0.6) is 0 Å². The largest absolute Gasteiger partial charge is 0.466 e. The predicted molar refractivity (Wildman–Crippen MR) is 73.5 cm³/mol. The molecule has 0 aliphatic heterocycles. The lowest BCUT2D eigenvalue weighted by Crippen LogP contribution is -2.23. The maximum absolute atomic E-state index is 11.7. The standard InChI is InChI=1S/C12H18ClN3O3/c1-3-16-12(18)11(13)9(8-15-16)14-7-5-6-10(17)19-4-2/h8,14H,3-7H2,1-2H3. The average Bonchev–Trinajstić information content (AvgIpc) is 2.40. The molecule has 0 saturated carbocycles. The first-order chi connectivity index (χ1) is 9.10. The third kappa shape index (κ3) is 4.55. The molecule has 106 valence electrons. The number of ether oxygens (including phenoxy) is 1. The molecule has 1 aromatic rings. The van der Waals surface area contributed by atoms with Crippen LogP contribution in [0.25, 0.3) is 0 Å². The lowest BCUT2D eigenvalue weighted by atomic mass is 10.3. The fourth-order valence-electron chi connectivity index (χ4n) is 1.50. The van der Waals surface area contributed by atoms with E-state index in [2.05, 4.69) is 10.4 Å². The number of hydrogen-bond acceptors (Lipinski definition) is 5. The van der Waals surface area contributed by atoms with Gasteiger partial charge in [0.2, 0.25) is 0 Å². The van der Waals surface area contributed by atoms with Gasteiger partial charge in [0.1, 0.15) is 5.02 Å². The Morgan fingerprint density at radius 2 is 2.26 bits per heavy atom. The third-order valence-corrected chi connectivity index (χ3v) is 2.83. The van der Waals surface area contributed by atoms with E-state index < -0.39 is 0 Å². The fraction of sp³-hybridized carbons (Fsp3) is 0.583. The van der Waals surface area contributed by atoms with E-state index in [0.717, 1.165) is 0 Å². The summed E-state index contributed by atoms with van der Waals surface area (Å²) in [4.78, 5) is 22.8. The third-order valence-electron chi connectivity index (χ3n) is 2.46. The molecule has 0 saturated heterocycles. The van der Waals surface area contributed by atoms with Crippen molar-refractivity contribution in [3.63, 3.8) is 0 Å². The zero-order valence-electron chi connectivity index (χ0n) is 11.1. The number of aryl methyl sites for hydroxylation is 1. The van der Waals surface area contributed by atoms with Gasteiger partial charge < -0.3 is 10.1 Å². The Balaban J connectivity index is 2.48. The summed E-state index contributed by atoms with van der Waals surface area (Å²) in [6.45, 7) is 4.97. The SMILES string of the molecule is CCOC(=O)CCCNc1cnn(CC)c(=O)c1Cl. The zero-order chi connectivity index (χ0) is 14.3. The van der Waals surface area contributed by atoms with Gasteiger partial charge in [-0.2, -0.15) is 5.10 Å². The van der Waals surface area contributed by atoms with Crippen LogP contribution >= 0.6 is 11.6 Å². The molecular formula is C12H18ClN3O3. The molecule has 7 heteroatoms. The number of carbonyl (C=O) groups excluding carboxylic acids is 1. The molecule has 0 radical (unpaired) electrons. The summed E-state index contributed by atoms with van der Waals surface area (Å²) in [5.74, 6) is -0.227. The van der Waals surface area contributed by atoms with Gasteiger partial charge in [-0.15, -0.1) is 0 Å². The van der Waals surface area contributed by atoms with Crippen molar-refractivity contribution in [2.75, 3.05) is 18.5 Å². The van der Waals surface area contributed by atoms with Crippen molar-refractivity contribution >= 4 is 23.3 Å². The van der Waals surface area contributed by atoms with Crippen LogP contribution in [-0.2, 0) is 16.1 Å². The first kappa shape index (κ1) is 15.5. The highest BCUT2D eigenvalue weighted by molar-refractivity contribution is 6.32. The highest BCUT2D eigenvalue weighted by Crippen LogP contribution is 2.15. The van der Waals surface area contributed by atoms with E-state index in [0.29, 0.717) is 38.2 Å². The molecule has 0 spiro atoms. The smallest absolute Gasteiger partial charge is 0.305 e. The highest BCUT2D eigenvalue weighted by atomic mass is 35.5. The van der Waals surface area contributed by atoms with Gasteiger partial charge in [-0.25, -0.2) is 4.68 Å². The summed E-state index contributed by atoms with van der Waals surface area (Å²) in [5.41, 5.74) is 0.166. The first-order valence-electron chi connectivity index (χ1n) is 6.25. The van der Waals surface area contributed by atoms with E-state index in [1.54, 1.807) is 6.92 Å². The topological polar surface area (TPSA) is 73.2 Å². The summed E-state index contributed by atoms with van der Waals surface area (Å²) in [7, 11) is 0. The second kappa shape index (κ2) is 7.78. The zero-order valence-corrected chi connectivity index (χ0v) is 11.9. The van der Waals surface area contributed by atoms with E-state index in [9.17, 15) is 9.59 Å². The number of rotatable bonds is 7. The van der Waals surface area contributed by atoms with Crippen molar-refractivity contribution in [3.05, 3.63) is 21.6 Å². The minimum absolute atomic E-state index is 0.119. The number of nitrogens with zero attached hydrogens (tertiary/aromatic N) is 2. The second-order valence-corrected chi connectivity index (χ2v) is 4.21. The number of aromatic nitrogens is 2. The quantitative estimate of drug-likeness (QED) is 0.610. The summed E-state index contributed by atoms with van der Waals surface area (Å²) in [6.07, 6.45) is 2.45. The number of anilines is 1. The molecule has 0 aliphatic rings. The molecule has 0 bridgehead atoms. The molecule has 0 unspecified atom stereocenters. The second-order valence-electron chi connectivity index (χ2n) is 3.83. The molecule has 0 atom stereocenters. The lowest BCUT2D eigenvalue weighted by Gasteiger charge is -2.09. The van der Waals surface area contributed by atoms with Crippen LogP contribution in [0.15, 0.2) is 11.0 Å². The van der Waals surface area contributed by atoms with Gasteiger partial charge in [-0.3, -0.25) is 9.59 Å². The fourth-order valence-corrected chi connectivity index (χ4v) is 1.72. The van der Waals surface area contributed by atoms with Crippen LogP contribution in [0.3, 0.4) is 0 Å². The summed E-state index contributed by atoms with van der Waals surface area (Å²) < 4.78 is 6.09. The van der Waals surface area contributed by atoms with Crippen molar-refractivity contribution < 1.29 is 9.53 Å². The molecule has 0 fully saturated rings. The molecular weight excluding hydrogens is 270 g/mol. The maximum Gasteiger partial charge on any atom is 0.305 e. The van der Waals surface area contributed by atoms with Crippen LogP contribution in [0.2, 0.25) is 5.02 Å². The lowest BCUT2D eigenvalue weighted by molar-refractivity contribution is -0.143. The van der Waals surface area contributed by atoms with Gasteiger partial charge in [0.15, 0.2) is 0 Å². The van der Waals surface area contributed by atoms with Gasteiger partial charge in [0.05, 0.1) is 18.5 Å². The van der Waals surface area contributed by atoms with Gasteiger partial charge in [0.25, 0.3) is 5.56 Å². The Hall–Kier alpha value is -1.56. The van der Waals surface area contributed by atoms with Crippen LogP contribution in [0.4, 0.5) is 5.69 Å². The minimum Gasteiger partial charge on any atom is -0.466 e. The summed E-state index contributed by atoms with van der Waals surface area (Å²) in [5, 5.41) is 7.07. The van der Waals surface area contributed by atoms with E-state index in [-0.39, 0.29) is 16.6 Å². The predicted octanol–water partition coefficient (Wildman–Crippen LogP) is 1.67. The van der Waals surface area contributed by atoms with Gasteiger partial charge >= 0.3 is 5.97 Å². The highest BCUT2D eigenvalue weighted by Gasteiger charge is 2.08. The van der Waals surface area contributed by atoms with Crippen LogP contribution in [0.1, 0.15) is 26.7 Å². The molecule has 1 N–H and O–H groups in total. The van der Waals surface area contributed by atoms with Gasteiger partial charge in [-0.05, 0) is 20.3 Å². The number of nitrogens with one attached hydrogen (secondary N) is 1. The first-order valence-corrected chi connectivity index (χ1v) is 6.63. The molecule has 1 heterocycles. The van der Waals surface area contributed by atoms with E-state index in [4.69, 9.17) is 16.3 Å². The molecule has 0 amide bonds. The Kier molecular flexibility index (Phi) is 6.35. The van der Waals surface area contributed by atoms with Crippen molar-refractivity contribution in [2.45, 2.75) is 33.2 Å². The minimum atomic E-state index is -0.320. The van der Waals surface area contributed by atoms with E-state index >= 15 is 0 Å². The Morgan fingerprint density at radius 1 is 1.53 bits per heavy atom. The molecule has 0 aliphatic carbocycles. The molecule has 1 aromatic heterocycles. The van der Waals surface area contributed by atoms with Crippen LogP contribution < -0.4 is 10.9 Å². The molecule has 19 heavy (non-hydrogen) atoms. The Morgan fingerprint density at radius 3 is 2.89 bits per heavy atom. The molecule has 0 aromatic carbocycles. The number of carbonyl (C=O) groups is 1. The number of hydrogen-bond donors (Lipinski definition) is 1. The summed E-state index contributed by atoms with van der Waals surface area (Å²) >= 11 is 5.94. The number of esters is 1. The molecule has 6 nitrogen and oxygen atoms in total. The molecule has 1 rings (SSSR count). The number of halogens is 1. The van der Waals surface area contributed by atoms with Gasteiger partial charge in [0, 0.05) is 19.5 Å². The van der Waals surface area contributed by atoms with Crippen molar-refractivity contribution in [3.8, 4) is 0 Å². The Bertz CT molecular complexity index is 488.